The van der Waals surface area contributed by atoms with Gasteiger partial charge in [0.05, 0.1) is 6.61 Å². The van der Waals surface area contributed by atoms with Crippen LogP contribution in [0.5, 0.6) is 0 Å². The zero-order chi connectivity index (χ0) is 14.4. The highest BCUT2D eigenvalue weighted by Gasteiger charge is 2.30. The van der Waals surface area contributed by atoms with E-state index < -0.39 is 0 Å². The Morgan fingerprint density at radius 2 is 1.95 bits per heavy atom. The monoisotopic (exact) mass is 282 g/mol. The lowest BCUT2D eigenvalue weighted by Gasteiger charge is -2.39. The second-order valence-corrected chi connectivity index (χ2v) is 7.07. The number of hydrogen-bond acceptors (Lipinski definition) is 3. The first-order valence-electron chi connectivity index (χ1n) is 8.75. The van der Waals surface area contributed by atoms with E-state index in [1.165, 1.54) is 45.2 Å². The van der Waals surface area contributed by atoms with E-state index in [0.29, 0.717) is 12.0 Å². The van der Waals surface area contributed by atoms with Crippen molar-refractivity contribution in [3.8, 4) is 0 Å². The summed E-state index contributed by atoms with van der Waals surface area (Å²) in [5.74, 6) is 1.43. The van der Waals surface area contributed by atoms with Gasteiger partial charge in [-0.1, -0.05) is 33.6 Å². The van der Waals surface area contributed by atoms with Crippen LogP contribution in [0.25, 0.3) is 0 Å². The first-order chi connectivity index (χ1) is 9.70. The minimum atomic E-state index is 0.657. The highest BCUT2D eigenvalue weighted by Crippen LogP contribution is 2.26. The Balaban J connectivity index is 1.93. The average molecular weight is 282 g/mol. The molecule has 1 heterocycles. The lowest BCUT2D eigenvalue weighted by atomic mass is 9.94. The quantitative estimate of drug-likeness (QED) is 0.777. The Kier molecular flexibility index (Phi) is 6.79. The molecule has 1 N–H and O–H groups in total. The second-order valence-electron chi connectivity index (χ2n) is 7.07. The first kappa shape index (κ1) is 16.3. The summed E-state index contributed by atoms with van der Waals surface area (Å²) >= 11 is 0. The van der Waals surface area contributed by atoms with Gasteiger partial charge in [0.15, 0.2) is 0 Å². The summed E-state index contributed by atoms with van der Waals surface area (Å²) in [4.78, 5) is 2.78. The summed E-state index contributed by atoms with van der Waals surface area (Å²) in [6.45, 7) is 12.3. The lowest BCUT2D eigenvalue weighted by Crippen LogP contribution is -2.50. The van der Waals surface area contributed by atoms with Crippen LogP contribution in [0.4, 0.5) is 0 Å². The topological polar surface area (TPSA) is 24.5 Å². The Bertz CT molecular complexity index is 262. The molecule has 118 valence electrons. The van der Waals surface area contributed by atoms with Crippen LogP contribution in [0, 0.1) is 11.8 Å². The van der Waals surface area contributed by atoms with Crippen LogP contribution in [0.3, 0.4) is 0 Å². The summed E-state index contributed by atoms with van der Waals surface area (Å²) in [6, 6.07) is 1.49. The van der Waals surface area contributed by atoms with E-state index in [1.807, 2.05) is 0 Å². The fourth-order valence-corrected chi connectivity index (χ4v) is 3.92. The molecule has 2 fully saturated rings. The van der Waals surface area contributed by atoms with Crippen molar-refractivity contribution >= 4 is 0 Å². The maximum atomic E-state index is 5.76. The molecule has 2 rings (SSSR count). The maximum absolute atomic E-state index is 5.76. The molecule has 0 amide bonds. The summed E-state index contributed by atoms with van der Waals surface area (Å²) in [7, 11) is 0. The fourth-order valence-electron chi connectivity index (χ4n) is 3.92. The number of ether oxygens (including phenoxy) is 1. The summed E-state index contributed by atoms with van der Waals surface area (Å²) < 4.78 is 5.76. The Labute approximate surface area is 125 Å². The molecule has 3 nitrogen and oxygen atoms in total. The molecule has 0 spiro atoms. The second kappa shape index (κ2) is 8.35. The predicted molar refractivity (Wildman–Crippen MR) is 85.1 cm³/mol. The van der Waals surface area contributed by atoms with Crippen molar-refractivity contribution in [3.05, 3.63) is 0 Å². The van der Waals surface area contributed by atoms with E-state index in [0.717, 1.165) is 31.7 Å². The van der Waals surface area contributed by atoms with Crippen molar-refractivity contribution in [2.75, 3.05) is 32.8 Å². The predicted octanol–water partition coefficient (Wildman–Crippen LogP) is 2.90. The zero-order valence-electron chi connectivity index (χ0n) is 13.7. The molecule has 2 atom stereocenters. The van der Waals surface area contributed by atoms with Gasteiger partial charge < -0.3 is 10.1 Å². The third-order valence-corrected chi connectivity index (χ3v) is 4.85. The highest BCUT2D eigenvalue weighted by atomic mass is 16.5. The zero-order valence-corrected chi connectivity index (χ0v) is 13.7. The molecule has 1 aliphatic carbocycles. The van der Waals surface area contributed by atoms with Crippen LogP contribution in [0.1, 0.15) is 52.9 Å². The normalized spacial score (nSPS) is 28.6. The lowest BCUT2D eigenvalue weighted by molar-refractivity contribution is 0.00849. The van der Waals surface area contributed by atoms with Gasteiger partial charge in [0.2, 0.25) is 0 Å². The minimum Gasteiger partial charge on any atom is -0.381 e. The molecule has 0 aromatic carbocycles. The van der Waals surface area contributed by atoms with E-state index in [2.05, 4.69) is 31.0 Å². The van der Waals surface area contributed by atoms with Crippen molar-refractivity contribution in [1.29, 1.82) is 0 Å². The summed E-state index contributed by atoms with van der Waals surface area (Å²) in [5, 5.41) is 3.68. The van der Waals surface area contributed by atoms with Crippen LogP contribution < -0.4 is 5.32 Å². The molecule has 0 radical (unpaired) electrons. The van der Waals surface area contributed by atoms with Gasteiger partial charge in [-0.15, -0.1) is 0 Å². The SMILES string of the molecule is CCNC1CCOCC1CN(CC(C)C)C1CCCC1. The van der Waals surface area contributed by atoms with E-state index in [1.54, 1.807) is 0 Å². The van der Waals surface area contributed by atoms with Gasteiger partial charge in [0.1, 0.15) is 0 Å². The van der Waals surface area contributed by atoms with Crippen LogP contribution in [-0.2, 0) is 4.74 Å². The molecule has 0 aromatic heterocycles. The standard InChI is InChI=1S/C17H34N2O/c1-4-18-17-9-10-20-13-15(17)12-19(11-14(2)3)16-7-5-6-8-16/h14-18H,4-13H2,1-3H3. The third-order valence-electron chi connectivity index (χ3n) is 4.85. The summed E-state index contributed by atoms with van der Waals surface area (Å²) in [5.41, 5.74) is 0. The largest absolute Gasteiger partial charge is 0.381 e. The van der Waals surface area contributed by atoms with E-state index in [4.69, 9.17) is 4.74 Å². The van der Waals surface area contributed by atoms with E-state index in [-0.39, 0.29) is 0 Å². The molecule has 2 unspecified atom stereocenters. The average Bonchev–Trinajstić information content (AvgIpc) is 2.94. The number of nitrogens with zero attached hydrogens (tertiary/aromatic N) is 1. The van der Waals surface area contributed by atoms with E-state index >= 15 is 0 Å². The molecule has 2 aliphatic rings. The number of hydrogen-bond donors (Lipinski definition) is 1. The van der Waals surface area contributed by atoms with Crippen LogP contribution in [0.2, 0.25) is 0 Å². The molecule has 1 aliphatic heterocycles. The van der Waals surface area contributed by atoms with Crippen molar-refractivity contribution in [2.45, 2.75) is 65.0 Å². The number of nitrogens with one attached hydrogen (secondary N) is 1. The molecular formula is C17H34N2O. The van der Waals surface area contributed by atoms with Crippen LogP contribution in [0.15, 0.2) is 0 Å². The van der Waals surface area contributed by atoms with Gasteiger partial charge in [-0.2, -0.15) is 0 Å². The van der Waals surface area contributed by atoms with Crippen molar-refractivity contribution in [2.24, 2.45) is 11.8 Å². The van der Waals surface area contributed by atoms with Crippen molar-refractivity contribution in [3.63, 3.8) is 0 Å². The minimum absolute atomic E-state index is 0.657. The maximum Gasteiger partial charge on any atom is 0.0521 e. The van der Waals surface area contributed by atoms with Gasteiger partial charge in [0, 0.05) is 37.7 Å². The fraction of sp³-hybridized carbons (Fsp3) is 1.00. The molecule has 3 heteroatoms. The number of rotatable bonds is 7. The third kappa shape index (κ3) is 4.71. The molecule has 0 aromatic rings. The van der Waals surface area contributed by atoms with E-state index in [9.17, 15) is 0 Å². The molecule has 1 saturated heterocycles. The van der Waals surface area contributed by atoms with Crippen molar-refractivity contribution in [1.82, 2.24) is 10.2 Å². The van der Waals surface area contributed by atoms with Gasteiger partial charge in [-0.25, -0.2) is 0 Å². The Morgan fingerprint density at radius 3 is 2.60 bits per heavy atom. The van der Waals surface area contributed by atoms with Crippen molar-refractivity contribution < 1.29 is 4.74 Å². The van der Waals surface area contributed by atoms with Gasteiger partial charge >= 0.3 is 0 Å². The van der Waals surface area contributed by atoms with Crippen LogP contribution in [-0.4, -0.2) is 49.8 Å². The summed E-state index contributed by atoms with van der Waals surface area (Å²) in [6.07, 6.45) is 6.85. The first-order valence-corrected chi connectivity index (χ1v) is 8.75. The van der Waals surface area contributed by atoms with Gasteiger partial charge in [-0.3, -0.25) is 4.90 Å². The molecule has 1 saturated carbocycles. The Hall–Kier alpha value is -0.120. The molecule has 20 heavy (non-hydrogen) atoms. The highest BCUT2D eigenvalue weighted by molar-refractivity contribution is 4.86. The molecule has 0 bridgehead atoms. The Morgan fingerprint density at radius 1 is 1.20 bits per heavy atom. The smallest absolute Gasteiger partial charge is 0.0521 e. The van der Waals surface area contributed by atoms with Crippen LogP contribution >= 0.6 is 0 Å². The molecular weight excluding hydrogens is 248 g/mol. The van der Waals surface area contributed by atoms with Gasteiger partial charge in [0.25, 0.3) is 0 Å². The van der Waals surface area contributed by atoms with Gasteiger partial charge in [-0.05, 0) is 31.7 Å².